The number of imidazole rings is 1. The third kappa shape index (κ3) is 1.19. The molecule has 0 radical (unpaired) electrons. The Morgan fingerprint density at radius 3 is 2.86 bits per heavy atom. The molecule has 0 aliphatic heterocycles. The molecule has 5 nitrogen and oxygen atoms in total. The first kappa shape index (κ1) is 8.55. The molecule has 0 fully saturated rings. The van der Waals surface area contributed by atoms with Crippen molar-refractivity contribution in [2.24, 2.45) is 0 Å². The Balaban J connectivity index is 2.76. The van der Waals surface area contributed by atoms with Crippen LogP contribution < -0.4 is 0 Å². The molecule has 0 aliphatic rings. The van der Waals surface area contributed by atoms with E-state index in [0.29, 0.717) is 16.9 Å². The number of aromatic hydroxyl groups is 1. The highest BCUT2D eigenvalue weighted by molar-refractivity contribution is 5.95. The van der Waals surface area contributed by atoms with Gasteiger partial charge in [-0.1, -0.05) is 0 Å². The molecule has 1 aromatic heterocycles. The van der Waals surface area contributed by atoms with E-state index in [2.05, 4.69) is 9.97 Å². The molecule has 0 bridgehead atoms. The molecule has 14 heavy (non-hydrogen) atoms. The lowest BCUT2D eigenvalue weighted by molar-refractivity contribution is 0.0694. The summed E-state index contributed by atoms with van der Waals surface area (Å²) in [6, 6.07) is 2.70. The highest BCUT2D eigenvalue weighted by atomic mass is 16.4. The van der Waals surface area contributed by atoms with Crippen LogP contribution in [0, 0.1) is 6.92 Å². The minimum absolute atomic E-state index is 0.124. The number of carboxylic acid groups (broad SMARTS) is 1. The molecule has 2 aromatic rings. The fourth-order valence-electron chi connectivity index (χ4n) is 1.34. The Kier molecular flexibility index (Phi) is 1.67. The van der Waals surface area contributed by atoms with Crippen molar-refractivity contribution in [1.29, 1.82) is 0 Å². The van der Waals surface area contributed by atoms with Crippen molar-refractivity contribution in [3.8, 4) is 5.75 Å². The highest BCUT2D eigenvalue weighted by Gasteiger charge is 2.12. The van der Waals surface area contributed by atoms with Crippen molar-refractivity contribution < 1.29 is 15.0 Å². The van der Waals surface area contributed by atoms with E-state index in [1.165, 1.54) is 12.1 Å². The molecular formula is C9H8N2O3. The van der Waals surface area contributed by atoms with Crippen molar-refractivity contribution in [2.75, 3.05) is 0 Å². The first-order chi connectivity index (χ1) is 6.58. The van der Waals surface area contributed by atoms with Crippen LogP contribution in [0.5, 0.6) is 5.75 Å². The van der Waals surface area contributed by atoms with Gasteiger partial charge in [0.2, 0.25) is 0 Å². The minimum atomic E-state index is -1.16. The van der Waals surface area contributed by atoms with Gasteiger partial charge in [0.1, 0.15) is 17.1 Å². The molecule has 1 aromatic carbocycles. The van der Waals surface area contributed by atoms with E-state index in [1.54, 1.807) is 6.92 Å². The van der Waals surface area contributed by atoms with Crippen molar-refractivity contribution in [3.63, 3.8) is 0 Å². The molecule has 0 saturated heterocycles. The zero-order valence-electron chi connectivity index (χ0n) is 7.40. The number of rotatable bonds is 1. The van der Waals surface area contributed by atoms with Crippen molar-refractivity contribution >= 4 is 17.0 Å². The van der Waals surface area contributed by atoms with Crippen LogP contribution in [-0.4, -0.2) is 26.2 Å². The van der Waals surface area contributed by atoms with E-state index < -0.39 is 5.97 Å². The number of aromatic nitrogens is 2. The number of hydrogen-bond acceptors (Lipinski definition) is 3. The van der Waals surface area contributed by atoms with Gasteiger partial charge in [0, 0.05) is 6.07 Å². The van der Waals surface area contributed by atoms with E-state index in [-0.39, 0.29) is 11.3 Å². The van der Waals surface area contributed by atoms with Crippen LogP contribution in [0.3, 0.4) is 0 Å². The number of carbonyl (C=O) groups is 1. The zero-order chi connectivity index (χ0) is 10.3. The molecule has 2 rings (SSSR count). The first-order valence-electron chi connectivity index (χ1n) is 4.00. The Labute approximate surface area is 79.0 Å². The van der Waals surface area contributed by atoms with Crippen LogP contribution in [0.15, 0.2) is 12.1 Å². The van der Waals surface area contributed by atoms with E-state index in [9.17, 15) is 9.90 Å². The first-order valence-corrected chi connectivity index (χ1v) is 4.00. The van der Waals surface area contributed by atoms with Gasteiger partial charge >= 0.3 is 5.97 Å². The molecule has 0 unspecified atom stereocenters. The smallest absolute Gasteiger partial charge is 0.339 e. The molecule has 0 atom stereocenters. The number of nitrogens with one attached hydrogen (secondary N) is 1. The van der Waals surface area contributed by atoms with Gasteiger partial charge in [-0.2, -0.15) is 0 Å². The zero-order valence-corrected chi connectivity index (χ0v) is 7.40. The summed E-state index contributed by atoms with van der Waals surface area (Å²) in [5.41, 5.74) is 1.05. The maximum absolute atomic E-state index is 10.7. The van der Waals surface area contributed by atoms with Crippen LogP contribution in [0.4, 0.5) is 0 Å². The average molecular weight is 192 g/mol. The van der Waals surface area contributed by atoms with Crippen LogP contribution in [0.1, 0.15) is 16.2 Å². The van der Waals surface area contributed by atoms with Gasteiger partial charge < -0.3 is 15.2 Å². The van der Waals surface area contributed by atoms with Gasteiger partial charge in [-0.05, 0) is 13.0 Å². The normalized spacial score (nSPS) is 10.6. The van der Waals surface area contributed by atoms with Crippen molar-refractivity contribution in [2.45, 2.75) is 6.92 Å². The monoisotopic (exact) mass is 192 g/mol. The second kappa shape index (κ2) is 2.73. The number of benzene rings is 1. The van der Waals surface area contributed by atoms with E-state index in [1.807, 2.05) is 0 Å². The van der Waals surface area contributed by atoms with Crippen LogP contribution >= 0.6 is 0 Å². The van der Waals surface area contributed by atoms with Gasteiger partial charge in [-0.3, -0.25) is 0 Å². The molecule has 5 heteroatoms. The van der Waals surface area contributed by atoms with Gasteiger partial charge in [0.25, 0.3) is 0 Å². The molecule has 0 saturated carbocycles. The van der Waals surface area contributed by atoms with Crippen LogP contribution in [-0.2, 0) is 0 Å². The fourth-order valence-corrected chi connectivity index (χ4v) is 1.34. The molecule has 1 heterocycles. The highest BCUT2D eigenvalue weighted by Crippen LogP contribution is 2.23. The van der Waals surface area contributed by atoms with E-state index in [4.69, 9.17) is 5.11 Å². The van der Waals surface area contributed by atoms with Gasteiger partial charge in [0.05, 0.1) is 11.0 Å². The third-order valence-electron chi connectivity index (χ3n) is 1.95. The summed E-state index contributed by atoms with van der Waals surface area (Å²) < 4.78 is 0. The van der Waals surface area contributed by atoms with Crippen LogP contribution in [0.2, 0.25) is 0 Å². The van der Waals surface area contributed by atoms with Gasteiger partial charge in [-0.25, -0.2) is 9.78 Å². The Morgan fingerprint density at radius 1 is 1.50 bits per heavy atom. The lowest BCUT2D eigenvalue weighted by Crippen LogP contribution is -1.96. The fraction of sp³-hybridized carbons (Fsp3) is 0.111. The maximum atomic E-state index is 10.7. The predicted molar refractivity (Wildman–Crippen MR) is 49.5 cm³/mol. The summed E-state index contributed by atoms with van der Waals surface area (Å²) in [7, 11) is 0. The number of carboxylic acids is 1. The molecule has 3 N–H and O–H groups in total. The molecule has 0 amide bonds. The van der Waals surface area contributed by atoms with Gasteiger partial charge in [0.15, 0.2) is 0 Å². The number of hydrogen-bond donors (Lipinski definition) is 3. The largest absolute Gasteiger partial charge is 0.507 e. The van der Waals surface area contributed by atoms with E-state index in [0.717, 1.165) is 0 Å². The number of aromatic carboxylic acids is 1. The number of aryl methyl sites for hydroxylation is 1. The Bertz CT molecular complexity index is 516. The van der Waals surface area contributed by atoms with Gasteiger partial charge in [-0.15, -0.1) is 0 Å². The standard InChI is InChI=1S/C9H8N2O3/c1-4-10-6-2-5(9(13)14)8(12)3-7(6)11-4/h2-3,12H,1H3,(H,10,11)(H,13,14). The topological polar surface area (TPSA) is 86.2 Å². The maximum Gasteiger partial charge on any atom is 0.339 e. The SMILES string of the molecule is Cc1nc2cc(O)c(C(=O)O)cc2[nH]1. The summed E-state index contributed by atoms with van der Waals surface area (Å²) >= 11 is 0. The molecule has 0 aliphatic carbocycles. The lowest BCUT2D eigenvalue weighted by Gasteiger charge is -1.97. The average Bonchev–Trinajstić information content (AvgIpc) is 2.42. The lowest BCUT2D eigenvalue weighted by atomic mass is 10.2. The molecular weight excluding hydrogens is 184 g/mol. The summed E-state index contributed by atoms with van der Waals surface area (Å²) in [5, 5.41) is 18.1. The summed E-state index contributed by atoms with van der Waals surface area (Å²) in [6.45, 7) is 1.76. The van der Waals surface area contributed by atoms with Crippen molar-refractivity contribution in [1.82, 2.24) is 9.97 Å². The molecule has 0 spiro atoms. The Morgan fingerprint density at radius 2 is 2.21 bits per heavy atom. The van der Waals surface area contributed by atoms with Crippen LogP contribution in [0.25, 0.3) is 11.0 Å². The summed E-state index contributed by atoms with van der Waals surface area (Å²) in [4.78, 5) is 17.6. The number of aromatic amines is 1. The quantitative estimate of drug-likeness (QED) is 0.635. The minimum Gasteiger partial charge on any atom is -0.507 e. The number of phenols is 1. The third-order valence-corrected chi connectivity index (χ3v) is 1.95. The summed E-state index contributed by atoms with van der Waals surface area (Å²) in [5.74, 6) is -0.741. The second-order valence-corrected chi connectivity index (χ2v) is 3.01. The Hall–Kier alpha value is -2.04. The molecule has 72 valence electrons. The van der Waals surface area contributed by atoms with Crippen molar-refractivity contribution in [3.05, 3.63) is 23.5 Å². The second-order valence-electron chi connectivity index (χ2n) is 3.01. The van der Waals surface area contributed by atoms with E-state index >= 15 is 0 Å². The number of nitrogens with zero attached hydrogens (tertiary/aromatic N) is 1. The predicted octanol–water partition coefficient (Wildman–Crippen LogP) is 1.28. The number of H-pyrrole nitrogens is 1. The summed E-state index contributed by atoms with van der Waals surface area (Å²) in [6.07, 6.45) is 0. The number of fused-ring (bicyclic) bond motifs is 1.